The van der Waals surface area contributed by atoms with Crippen LogP contribution in [0, 0.1) is 6.92 Å². The molecule has 2 heterocycles. The molecule has 0 radical (unpaired) electrons. The van der Waals surface area contributed by atoms with Crippen molar-refractivity contribution >= 4 is 11.6 Å². The quantitative estimate of drug-likeness (QED) is 0.403. The number of carbonyl (C=O) groups is 1. The number of amides is 1. The summed E-state index contributed by atoms with van der Waals surface area (Å²) in [5, 5.41) is 2.79. The zero-order valence-electron chi connectivity index (χ0n) is 18.3. The molecular weight excluding hydrogens is 441 g/mol. The van der Waals surface area contributed by atoms with Gasteiger partial charge in [-0.3, -0.25) is 9.78 Å². The maximum Gasteiger partial charge on any atom is 0.416 e. The number of halogens is 3. The molecule has 0 saturated heterocycles. The number of pyridine rings is 1. The highest BCUT2D eigenvalue weighted by molar-refractivity contribution is 5.92. The number of anilines is 1. The zero-order chi connectivity index (χ0) is 24.1. The molecule has 0 bridgehead atoms. The summed E-state index contributed by atoms with van der Waals surface area (Å²) in [6.45, 7) is 1.97. The summed E-state index contributed by atoms with van der Waals surface area (Å²) in [6, 6.07) is 15.9. The molecule has 0 unspecified atom stereocenters. The third-order valence-electron chi connectivity index (χ3n) is 5.36. The van der Waals surface area contributed by atoms with Crippen molar-refractivity contribution in [2.24, 2.45) is 0 Å². The lowest BCUT2D eigenvalue weighted by Crippen LogP contribution is -2.15. The Morgan fingerprint density at radius 2 is 1.82 bits per heavy atom. The fraction of sp³-hybridized carbons (Fsp3) is 0.154. The maximum absolute atomic E-state index is 12.9. The SMILES string of the molecule is Cc1ccc(NC(=O)Cc2cccc(C(F)(F)F)c2)cc1Cc1ncccc1-c1ccncn1. The topological polar surface area (TPSA) is 67.8 Å². The predicted octanol–water partition coefficient (Wildman–Crippen LogP) is 5.64. The van der Waals surface area contributed by atoms with Crippen LogP contribution in [0.5, 0.6) is 0 Å². The number of hydrogen-bond donors (Lipinski definition) is 1. The first-order chi connectivity index (χ1) is 16.3. The van der Waals surface area contributed by atoms with E-state index in [1.807, 2.05) is 37.3 Å². The molecule has 0 saturated carbocycles. The van der Waals surface area contributed by atoms with Crippen LogP contribution in [-0.2, 0) is 23.8 Å². The second-order valence-electron chi connectivity index (χ2n) is 7.83. The van der Waals surface area contributed by atoms with Crippen LogP contribution in [0.4, 0.5) is 18.9 Å². The summed E-state index contributed by atoms with van der Waals surface area (Å²) in [7, 11) is 0. The van der Waals surface area contributed by atoms with Gasteiger partial charge in [0.2, 0.25) is 5.91 Å². The van der Waals surface area contributed by atoms with E-state index >= 15 is 0 Å². The van der Waals surface area contributed by atoms with Gasteiger partial charge >= 0.3 is 6.18 Å². The Bertz CT molecular complexity index is 1310. The van der Waals surface area contributed by atoms with Crippen LogP contribution < -0.4 is 5.32 Å². The summed E-state index contributed by atoms with van der Waals surface area (Å²) in [5.74, 6) is -0.395. The number of hydrogen-bond acceptors (Lipinski definition) is 4. The van der Waals surface area contributed by atoms with Gasteiger partial charge in [-0.2, -0.15) is 13.2 Å². The normalized spacial score (nSPS) is 11.3. The first-order valence-electron chi connectivity index (χ1n) is 10.6. The van der Waals surface area contributed by atoms with Gasteiger partial charge in [0.1, 0.15) is 6.33 Å². The number of rotatable bonds is 6. The highest BCUT2D eigenvalue weighted by Crippen LogP contribution is 2.30. The molecule has 0 atom stereocenters. The molecule has 34 heavy (non-hydrogen) atoms. The molecule has 1 amide bonds. The lowest BCUT2D eigenvalue weighted by molar-refractivity contribution is -0.137. The summed E-state index contributed by atoms with van der Waals surface area (Å²) in [4.78, 5) is 25.3. The number of benzene rings is 2. The second-order valence-corrected chi connectivity index (χ2v) is 7.83. The van der Waals surface area contributed by atoms with Crippen molar-refractivity contribution in [1.82, 2.24) is 15.0 Å². The largest absolute Gasteiger partial charge is 0.416 e. The van der Waals surface area contributed by atoms with Gasteiger partial charge < -0.3 is 5.32 Å². The molecule has 0 fully saturated rings. The minimum Gasteiger partial charge on any atom is -0.326 e. The van der Waals surface area contributed by atoms with Crippen LogP contribution in [0.3, 0.4) is 0 Å². The van der Waals surface area contributed by atoms with Crippen molar-refractivity contribution in [1.29, 1.82) is 0 Å². The van der Waals surface area contributed by atoms with Gasteiger partial charge in [0.25, 0.3) is 0 Å². The molecular formula is C26H21F3N4O. The van der Waals surface area contributed by atoms with Crippen LogP contribution in [0.25, 0.3) is 11.3 Å². The van der Waals surface area contributed by atoms with Gasteiger partial charge in [-0.25, -0.2) is 9.97 Å². The third kappa shape index (κ3) is 5.64. The van der Waals surface area contributed by atoms with Crippen molar-refractivity contribution in [3.05, 3.63) is 107 Å². The van der Waals surface area contributed by atoms with E-state index in [1.165, 1.54) is 18.5 Å². The number of aryl methyl sites for hydroxylation is 1. The molecule has 2 aromatic heterocycles. The van der Waals surface area contributed by atoms with Crippen molar-refractivity contribution in [3.8, 4) is 11.3 Å². The number of carbonyl (C=O) groups excluding carboxylic acids is 1. The van der Waals surface area contributed by atoms with Crippen molar-refractivity contribution in [2.45, 2.75) is 25.9 Å². The molecule has 5 nitrogen and oxygen atoms in total. The number of aromatic nitrogens is 3. The summed E-state index contributed by atoms with van der Waals surface area (Å²) in [6.07, 6.45) is 0.780. The average Bonchev–Trinajstić information content (AvgIpc) is 2.82. The Morgan fingerprint density at radius 3 is 2.59 bits per heavy atom. The molecule has 0 aliphatic heterocycles. The van der Waals surface area contributed by atoms with E-state index in [2.05, 4.69) is 20.3 Å². The van der Waals surface area contributed by atoms with Crippen LogP contribution in [0.1, 0.15) is 27.9 Å². The van der Waals surface area contributed by atoms with Gasteiger partial charge in [0.05, 0.1) is 23.4 Å². The van der Waals surface area contributed by atoms with E-state index in [0.717, 1.165) is 40.2 Å². The average molecular weight is 462 g/mol. The van der Waals surface area contributed by atoms with Gasteiger partial charge in [-0.1, -0.05) is 24.3 Å². The van der Waals surface area contributed by atoms with E-state index in [9.17, 15) is 18.0 Å². The molecule has 8 heteroatoms. The Morgan fingerprint density at radius 1 is 0.971 bits per heavy atom. The highest BCUT2D eigenvalue weighted by Gasteiger charge is 2.30. The minimum absolute atomic E-state index is 0.161. The standard InChI is InChI=1S/C26H21F3N4O/c1-17-7-8-21(33-25(34)13-18-4-2-5-20(12-18)26(27,28)29)14-19(17)15-24-22(6-3-10-31-24)23-9-11-30-16-32-23/h2-12,14,16H,13,15H2,1H3,(H,33,34). The minimum atomic E-state index is -4.45. The molecule has 4 rings (SSSR count). The van der Waals surface area contributed by atoms with Crippen LogP contribution in [-0.4, -0.2) is 20.9 Å². The number of nitrogens with one attached hydrogen (secondary N) is 1. The Labute approximate surface area is 194 Å². The van der Waals surface area contributed by atoms with E-state index in [-0.39, 0.29) is 6.42 Å². The number of nitrogens with zero attached hydrogens (tertiary/aromatic N) is 3. The van der Waals surface area contributed by atoms with Gasteiger partial charge in [0, 0.05) is 30.1 Å². The lowest BCUT2D eigenvalue weighted by Gasteiger charge is -2.13. The van der Waals surface area contributed by atoms with Crippen molar-refractivity contribution in [2.75, 3.05) is 5.32 Å². The van der Waals surface area contributed by atoms with Crippen molar-refractivity contribution in [3.63, 3.8) is 0 Å². The summed E-state index contributed by atoms with van der Waals surface area (Å²) >= 11 is 0. The first kappa shape index (κ1) is 23.1. The predicted molar refractivity (Wildman–Crippen MR) is 123 cm³/mol. The van der Waals surface area contributed by atoms with Gasteiger partial charge in [0.15, 0.2) is 0 Å². The molecule has 4 aromatic rings. The summed E-state index contributed by atoms with van der Waals surface area (Å²) < 4.78 is 38.8. The van der Waals surface area contributed by atoms with Crippen LogP contribution in [0.15, 0.2) is 79.4 Å². The van der Waals surface area contributed by atoms with Gasteiger partial charge in [-0.15, -0.1) is 0 Å². The van der Waals surface area contributed by atoms with E-state index in [4.69, 9.17) is 0 Å². The highest BCUT2D eigenvalue weighted by atomic mass is 19.4. The van der Waals surface area contributed by atoms with E-state index in [0.29, 0.717) is 17.7 Å². The van der Waals surface area contributed by atoms with Gasteiger partial charge in [-0.05, 0) is 60.0 Å². The van der Waals surface area contributed by atoms with Crippen molar-refractivity contribution < 1.29 is 18.0 Å². The maximum atomic E-state index is 12.9. The molecule has 0 aliphatic carbocycles. The third-order valence-corrected chi connectivity index (χ3v) is 5.36. The molecule has 2 aromatic carbocycles. The Balaban J connectivity index is 1.51. The van der Waals surface area contributed by atoms with E-state index in [1.54, 1.807) is 18.5 Å². The number of alkyl halides is 3. The molecule has 1 N–H and O–H groups in total. The zero-order valence-corrected chi connectivity index (χ0v) is 18.3. The van der Waals surface area contributed by atoms with Crippen LogP contribution >= 0.6 is 0 Å². The smallest absolute Gasteiger partial charge is 0.326 e. The first-order valence-corrected chi connectivity index (χ1v) is 10.6. The fourth-order valence-corrected chi connectivity index (χ4v) is 3.63. The monoisotopic (exact) mass is 462 g/mol. The summed E-state index contributed by atoms with van der Waals surface area (Å²) in [5.41, 5.74) is 4.56. The van der Waals surface area contributed by atoms with Crippen LogP contribution in [0.2, 0.25) is 0 Å². The Hall–Kier alpha value is -4.07. The Kier molecular flexibility index (Phi) is 6.67. The van der Waals surface area contributed by atoms with E-state index < -0.39 is 17.6 Å². The lowest BCUT2D eigenvalue weighted by atomic mass is 9.99. The second kappa shape index (κ2) is 9.82. The fourth-order valence-electron chi connectivity index (χ4n) is 3.63. The molecule has 0 spiro atoms. The molecule has 172 valence electrons. The molecule has 0 aliphatic rings.